The molecule has 0 fully saturated rings. The molecule has 1 aromatic heterocycles. The average Bonchev–Trinajstić information content (AvgIpc) is 2.76. The van der Waals surface area contributed by atoms with E-state index in [1.165, 1.54) is 11.8 Å². The Labute approximate surface area is 112 Å². The third-order valence-corrected chi connectivity index (χ3v) is 3.29. The Kier molecular flexibility index (Phi) is 5.19. The van der Waals surface area contributed by atoms with Crippen LogP contribution in [0.1, 0.15) is 40.5 Å². The summed E-state index contributed by atoms with van der Waals surface area (Å²) in [7, 11) is 0. The summed E-state index contributed by atoms with van der Waals surface area (Å²) in [5.41, 5.74) is -0.158. The highest BCUT2D eigenvalue weighted by molar-refractivity contribution is 7.99. The van der Waals surface area contributed by atoms with Crippen LogP contribution < -0.4 is 0 Å². The predicted octanol–water partition coefficient (Wildman–Crippen LogP) is 2.33. The molecule has 1 rings (SSSR count). The molecule has 0 aromatic carbocycles. The van der Waals surface area contributed by atoms with Crippen molar-refractivity contribution < 1.29 is 9.21 Å². The maximum atomic E-state index is 11.8. The molecule has 0 radical (unpaired) electrons. The first-order valence-corrected chi connectivity index (χ1v) is 7.11. The number of amides is 1. The van der Waals surface area contributed by atoms with Crippen LogP contribution in [0.5, 0.6) is 0 Å². The van der Waals surface area contributed by atoms with Crippen LogP contribution in [0, 0.1) is 0 Å². The van der Waals surface area contributed by atoms with Gasteiger partial charge in [0.2, 0.25) is 11.8 Å². The van der Waals surface area contributed by atoms with Crippen LogP contribution in [0.25, 0.3) is 0 Å². The summed E-state index contributed by atoms with van der Waals surface area (Å²) in [4.78, 5) is 13.6. The number of carbonyl (C=O) groups is 1. The van der Waals surface area contributed by atoms with E-state index in [1.54, 1.807) is 4.90 Å². The van der Waals surface area contributed by atoms with Gasteiger partial charge in [-0.05, 0) is 13.8 Å². The van der Waals surface area contributed by atoms with E-state index in [0.29, 0.717) is 16.9 Å². The first kappa shape index (κ1) is 15.0. The minimum atomic E-state index is -0.158. The minimum absolute atomic E-state index is 0.0977. The molecule has 0 aliphatic rings. The van der Waals surface area contributed by atoms with Crippen molar-refractivity contribution in [3.05, 3.63) is 5.89 Å². The zero-order valence-electron chi connectivity index (χ0n) is 11.7. The second-order valence-corrected chi connectivity index (χ2v) is 5.90. The molecular weight excluding hydrogens is 250 g/mol. The lowest BCUT2D eigenvalue weighted by Crippen LogP contribution is -2.31. The number of carbonyl (C=O) groups excluding carboxylic acids is 1. The lowest BCUT2D eigenvalue weighted by molar-refractivity contribution is -0.127. The van der Waals surface area contributed by atoms with Crippen molar-refractivity contribution in [2.45, 2.75) is 45.3 Å². The topological polar surface area (TPSA) is 59.2 Å². The summed E-state index contributed by atoms with van der Waals surface area (Å²) in [6.45, 7) is 11.4. The Hall–Kier alpha value is -1.04. The average molecular weight is 271 g/mol. The largest absolute Gasteiger partial charge is 0.415 e. The molecule has 0 atom stereocenters. The van der Waals surface area contributed by atoms with Crippen LogP contribution in [0.3, 0.4) is 0 Å². The first-order valence-electron chi connectivity index (χ1n) is 6.13. The molecule has 5 nitrogen and oxygen atoms in total. The van der Waals surface area contributed by atoms with Gasteiger partial charge in [-0.25, -0.2) is 0 Å². The molecule has 0 aliphatic carbocycles. The molecule has 0 unspecified atom stereocenters. The molecule has 0 N–H and O–H groups in total. The monoisotopic (exact) mass is 271 g/mol. The van der Waals surface area contributed by atoms with Gasteiger partial charge in [0.05, 0.1) is 5.75 Å². The van der Waals surface area contributed by atoms with Crippen LogP contribution in [0.4, 0.5) is 0 Å². The fraction of sp³-hybridized carbons (Fsp3) is 0.750. The Bertz CT molecular complexity index is 394. The molecule has 6 heteroatoms. The SMILES string of the molecule is CCN(CC)C(=O)CSc1nnc(C(C)(C)C)o1. The highest BCUT2D eigenvalue weighted by atomic mass is 32.2. The number of hydrogen-bond acceptors (Lipinski definition) is 5. The quantitative estimate of drug-likeness (QED) is 0.769. The van der Waals surface area contributed by atoms with Gasteiger partial charge in [-0.15, -0.1) is 10.2 Å². The van der Waals surface area contributed by atoms with E-state index in [-0.39, 0.29) is 11.3 Å². The Balaban J connectivity index is 2.54. The number of aromatic nitrogens is 2. The van der Waals surface area contributed by atoms with E-state index >= 15 is 0 Å². The Morgan fingerprint density at radius 3 is 2.33 bits per heavy atom. The zero-order chi connectivity index (χ0) is 13.8. The molecule has 102 valence electrons. The van der Waals surface area contributed by atoms with Crippen LogP contribution in [-0.2, 0) is 10.2 Å². The first-order chi connectivity index (χ1) is 8.38. The summed E-state index contributed by atoms with van der Waals surface area (Å²) in [6, 6.07) is 0. The summed E-state index contributed by atoms with van der Waals surface area (Å²) < 4.78 is 5.52. The smallest absolute Gasteiger partial charge is 0.277 e. The Morgan fingerprint density at radius 1 is 1.28 bits per heavy atom. The van der Waals surface area contributed by atoms with Crippen molar-refractivity contribution in [2.75, 3.05) is 18.8 Å². The fourth-order valence-electron chi connectivity index (χ4n) is 1.36. The molecule has 18 heavy (non-hydrogen) atoms. The summed E-state index contributed by atoms with van der Waals surface area (Å²) >= 11 is 1.29. The summed E-state index contributed by atoms with van der Waals surface area (Å²) in [6.07, 6.45) is 0. The van der Waals surface area contributed by atoms with E-state index in [0.717, 1.165) is 13.1 Å². The zero-order valence-corrected chi connectivity index (χ0v) is 12.5. The normalized spacial score (nSPS) is 11.6. The van der Waals surface area contributed by atoms with Gasteiger partial charge < -0.3 is 9.32 Å². The molecule has 0 spiro atoms. The van der Waals surface area contributed by atoms with Crippen LogP contribution >= 0.6 is 11.8 Å². The second kappa shape index (κ2) is 6.22. The van der Waals surface area contributed by atoms with Gasteiger partial charge in [-0.1, -0.05) is 32.5 Å². The lowest BCUT2D eigenvalue weighted by Gasteiger charge is -2.17. The van der Waals surface area contributed by atoms with Crippen molar-refractivity contribution >= 4 is 17.7 Å². The van der Waals surface area contributed by atoms with Crippen molar-refractivity contribution in [3.8, 4) is 0 Å². The van der Waals surface area contributed by atoms with Gasteiger partial charge in [0.15, 0.2) is 0 Å². The van der Waals surface area contributed by atoms with Crippen LogP contribution in [-0.4, -0.2) is 39.8 Å². The third kappa shape index (κ3) is 4.01. The third-order valence-electron chi connectivity index (χ3n) is 2.48. The summed E-state index contributed by atoms with van der Waals surface area (Å²) in [5.74, 6) is 1.04. The predicted molar refractivity (Wildman–Crippen MR) is 71.7 cm³/mol. The van der Waals surface area contributed by atoms with Gasteiger partial charge in [-0.3, -0.25) is 4.79 Å². The van der Waals surface area contributed by atoms with Gasteiger partial charge >= 0.3 is 0 Å². The molecule has 1 amide bonds. The molecule has 0 saturated carbocycles. The minimum Gasteiger partial charge on any atom is -0.415 e. The standard InChI is InChI=1S/C12H21N3O2S/c1-6-15(7-2)9(16)8-18-11-14-13-10(17-11)12(3,4)5/h6-8H2,1-5H3. The van der Waals surface area contributed by atoms with E-state index in [4.69, 9.17) is 4.42 Å². The van der Waals surface area contributed by atoms with Gasteiger partial charge in [0, 0.05) is 18.5 Å². The van der Waals surface area contributed by atoms with E-state index < -0.39 is 0 Å². The van der Waals surface area contributed by atoms with Gasteiger partial charge in [-0.2, -0.15) is 0 Å². The van der Waals surface area contributed by atoms with Gasteiger partial charge in [0.25, 0.3) is 5.22 Å². The lowest BCUT2D eigenvalue weighted by atomic mass is 9.97. The molecule has 1 aromatic rings. The number of thioether (sulfide) groups is 1. The van der Waals surface area contributed by atoms with Crippen LogP contribution in [0.15, 0.2) is 9.64 Å². The van der Waals surface area contributed by atoms with E-state index in [2.05, 4.69) is 10.2 Å². The van der Waals surface area contributed by atoms with Crippen molar-refractivity contribution in [1.82, 2.24) is 15.1 Å². The highest BCUT2D eigenvalue weighted by Crippen LogP contribution is 2.24. The van der Waals surface area contributed by atoms with E-state index in [9.17, 15) is 4.79 Å². The molecule has 1 heterocycles. The summed E-state index contributed by atoms with van der Waals surface area (Å²) in [5, 5.41) is 8.39. The fourth-order valence-corrected chi connectivity index (χ4v) is 2.03. The molecule has 0 saturated heterocycles. The number of hydrogen-bond donors (Lipinski definition) is 0. The number of nitrogens with zero attached hydrogens (tertiary/aromatic N) is 3. The van der Waals surface area contributed by atoms with Crippen molar-refractivity contribution in [3.63, 3.8) is 0 Å². The van der Waals surface area contributed by atoms with Crippen molar-refractivity contribution in [1.29, 1.82) is 0 Å². The Morgan fingerprint density at radius 2 is 1.89 bits per heavy atom. The van der Waals surface area contributed by atoms with E-state index in [1.807, 2.05) is 34.6 Å². The van der Waals surface area contributed by atoms with Crippen LogP contribution in [0.2, 0.25) is 0 Å². The molecule has 0 aliphatic heterocycles. The van der Waals surface area contributed by atoms with Crippen molar-refractivity contribution in [2.24, 2.45) is 0 Å². The maximum Gasteiger partial charge on any atom is 0.277 e. The number of rotatable bonds is 5. The molecular formula is C12H21N3O2S. The highest BCUT2D eigenvalue weighted by Gasteiger charge is 2.22. The maximum absolute atomic E-state index is 11.8. The second-order valence-electron chi connectivity index (χ2n) is 4.98. The molecule has 0 bridgehead atoms. The van der Waals surface area contributed by atoms with Gasteiger partial charge in [0.1, 0.15) is 0 Å².